The van der Waals surface area contributed by atoms with Gasteiger partial charge in [-0.3, -0.25) is 14.4 Å². The molecule has 0 spiro atoms. The molecule has 0 radical (unpaired) electrons. The summed E-state index contributed by atoms with van der Waals surface area (Å²) in [5.41, 5.74) is 2.16. The first-order chi connectivity index (χ1) is 17.5. The van der Waals surface area contributed by atoms with Gasteiger partial charge < -0.3 is 21.3 Å². The van der Waals surface area contributed by atoms with Gasteiger partial charge in [-0.1, -0.05) is 42.7 Å². The zero-order chi connectivity index (χ0) is 27.0. The van der Waals surface area contributed by atoms with Gasteiger partial charge in [0.15, 0.2) is 0 Å². The Hall–Kier alpha value is -3.40. The molecule has 1 aliphatic carbocycles. The molecule has 7 nitrogen and oxygen atoms in total. The molecule has 1 aliphatic rings. The molecule has 0 saturated heterocycles. The van der Waals surface area contributed by atoms with E-state index in [-0.39, 0.29) is 24.1 Å². The maximum Gasteiger partial charge on any atom is 0.416 e. The van der Waals surface area contributed by atoms with Crippen molar-refractivity contribution in [3.8, 4) is 0 Å². The molecule has 2 aromatic rings. The number of hydrogen-bond donors (Lipinski definition) is 4. The lowest BCUT2D eigenvalue weighted by molar-refractivity contribution is -0.137. The molecule has 3 rings (SSSR count). The topological polar surface area (TPSA) is 99.3 Å². The zero-order valence-electron chi connectivity index (χ0n) is 21.0. The summed E-state index contributed by atoms with van der Waals surface area (Å²) in [5, 5.41) is 11.1. The van der Waals surface area contributed by atoms with Crippen molar-refractivity contribution in [1.29, 1.82) is 0 Å². The Bertz CT molecular complexity index is 1110. The Kier molecular flexibility index (Phi) is 9.68. The fourth-order valence-electron chi connectivity index (χ4n) is 4.32. The normalized spacial score (nSPS) is 14.7. The van der Waals surface area contributed by atoms with E-state index < -0.39 is 36.1 Å². The second kappa shape index (κ2) is 12.7. The van der Waals surface area contributed by atoms with E-state index in [1.807, 2.05) is 26.0 Å². The van der Waals surface area contributed by atoms with Crippen molar-refractivity contribution in [2.24, 2.45) is 0 Å². The number of benzene rings is 2. The molecule has 2 aromatic carbocycles. The van der Waals surface area contributed by atoms with Crippen molar-refractivity contribution >= 4 is 17.7 Å². The molecule has 0 aromatic heterocycles. The highest BCUT2D eigenvalue weighted by Crippen LogP contribution is 2.29. The van der Waals surface area contributed by atoms with Crippen LogP contribution in [0.25, 0.3) is 0 Å². The minimum Gasteiger partial charge on any atom is -0.352 e. The molecule has 0 aliphatic heterocycles. The number of carbonyl (C=O) groups excluding carboxylic acids is 3. The quantitative estimate of drug-likeness (QED) is 0.388. The number of aryl methyl sites for hydroxylation is 2. The first kappa shape index (κ1) is 28.2. The predicted octanol–water partition coefficient (Wildman–Crippen LogP) is 3.39. The third-order valence-corrected chi connectivity index (χ3v) is 6.38. The maximum absolute atomic E-state index is 12.9. The summed E-state index contributed by atoms with van der Waals surface area (Å²) >= 11 is 0. The van der Waals surface area contributed by atoms with Crippen molar-refractivity contribution in [2.75, 3.05) is 13.1 Å². The van der Waals surface area contributed by atoms with E-state index >= 15 is 0 Å². The predicted molar refractivity (Wildman–Crippen MR) is 134 cm³/mol. The third-order valence-electron chi connectivity index (χ3n) is 6.38. The number of nitrogens with one attached hydrogen (secondary N) is 4. The molecule has 0 heterocycles. The third kappa shape index (κ3) is 8.59. The fraction of sp³-hybridized carbons (Fsp3) is 0.444. The number of halogens is 3. The average molecular weight is 519 g/mol. The van der Waals surface area contributed by atoms with Gasteiger partial charge in [-0.25, -0.2) is 0 Å². The SMILES string of the molecule is Cc1ccc(CNC[C@H](NC(=O)CNC(=O)c2cccc(C(F)(F)F)c2)C(=O)NC2CCCC2)c(C)c1. The van der Waals surface area contributed by atoms with Crippen molar-refractivity contribution < 1.29 is 27.6 Å². The van der Waals surface area contributed by atoms with Crippen LogP contribution in [0.4, 0.5) is 13.2 Å². The van der Waals surface area contributed by atoms with Crippen LogP contribution >= 0.6 is 0 Å². The molecular formula is C27H33F3N4O3. The lowest BCUT2D eigenvalue weighted by atomic mass is 10.1. The highest BCUT2D eigenvalue weighted by Gasteiger charge is 2.31. The zero-order valence-corrected chi connectivity index (χ0v) is 21.0. The van der Waals surface area contributed by atoms with Gasteiger partial charge >= 0.3 is 6.18 Å². The average Bonchev–Trinajstić information content (AvgIpc) is 3.35. The van der Waals surface area contributed by atoms with Crippen molar-refractivity contribution in [1.82, 2.24) is 21.3 Å². The van der Waals surface area contributed by atoms with Crippen LogP contribution in [0.5, 0.6) is 0 Å². The lowest BCUT2D eigenvalue weighted by Gasteiger charge is -2.22. The van der Waals surface area contributed by atoms with E-state index in [0.29, 0.717) is 6.54 Å². The minimum absolute atomic E-state index is 0.0619. The number of hydrogen-bond acceptors (Lipinski definition) is 4. The van der Waals surface area contributed by atoms with Crippen LogP contribution < -0.4 is 21.3 Å². The summed E-state index contributed by atoms with van der Waals surface area (Å²) in [6, 6.07) is 9.20. The Balaban J connectivity index is 1.58. The van der Waals surface area contributed by atoms with E-state index in [9.17, 15) is 27.6 Å². The van der Waals surface area contributed by atoms with Gasteiger partial charge in [0.2, 0.25) is 11.8 Å². The monoisotopic (exact) mass is 518 g/mol. The number of amides is 3. The summed E-state index contributed by atoms with van der Waals surface area (Å²) in [4.78, 5) is 37.8. The lowest BCUT2D eigenvalue weighted by Crippen LogP contribution is -2.55. The number of alkyl halides is 3. The highest BCUT2D eigenvalue weighted by molar-refractivity contribution is 5.97. The molecule has 37 heavy (non-hydrogen) atoms. The number of carbonyl (C=O) groups is 3. The van der Waals surface area contributed by atoms with Gasteiger partial charge in [-0.2, -0.15) is 13.2 Å². The van der Waals surface area contributed by atoms with E-state index in [2.05, 4.69) is 27.3 Å². The van der Waals surface area contributed by atoms with Crippen LogP contribution in [0.2, 0.25) is 0 Å². The number of rotatable bonds is 10. The van der Waals surface area contributed by atoms with E-state index in [4.69, 9.17) is 0 Å². The second-order valence-electron chi connectivity index (χ2n) is 9.43. The molecular weight excluding hydrogens is 485 g/mol. The molecule has 1 atom stereocenters. The molecule has 0 bridgehead atoms. The fourth-order valence-corrected chi connectivity index (χ4v) is 4.32. The van der Waals surface area contributed by atoms with Crippen molar-refractivity contribution in [3.63, 3.8) is 0 Å². The molecule has 3 amide bonds. The van der Waals surface area contributed by atoms with Gasteiger partial charge in [0.1, 0.15) is 6.04 Å². The van der Waals surface area contributed by atoms with E-state index in [0.717, 1.165) is 60.6 Å². The van der Waals surface area contributed by atoms with Crippen LogP contribution in [-0.4, -0.2) is 42.9 Å². The molecule has 4 N–H and O–H groups in total. The molecule has 1 saturated carbocycles. The van der Waals surface area contributed by atoms with E-state index in [1.54, 1.807) is 0 Å². The summed E-state index contributed by atoms with van der Waals surface area (Å²) < 4.78 is 38.8. The van der Waals surface area contributed by atoms with Gasteiger partial charge in [-0.05, 0) is 56.0 Å². The Morgan fingerprint density at radius 2 is 1.76 bits per heavy atom. The van der Waals surface area contributed by atoms with Crippen LogP contribution in [-0.2, 0) is 22.3 Å². The summed E-state index contributed by atoms with van der Waals surface area (Å²) in [6.45, 7) is 4.19. The highest BCUT2D eigenvalue weighted by atomic mass is 19.4. The van der Waals surface area contributed by atoms with Gasteiger partial charge in [0.25, 0.3) is 5.91 Å². The first-order valence-electron chi connectivity index (χ1n) is 12.3. The van der Waals surface area contributed by atoms with Crippen LogP contribution in [0.15, 0.2) is 42.5 Å². The van der Waals surface area contributed by atoms with Gasteiger partial charge in [0, 0.05) is 24.7 Å². The van der Waals surface area contributed by atoms with Crippen molar-refractivity contribution in [2.45, 2.75) is 64.3 Å². The summed E-state index contributed by atoms with van der Waals surface area (Å²) in [6.07, 6.45) is -0.744. The van der Waals surface area contributed by atoms with Gasteiger partial charge in [0.05, 0.1) is 12.1 Å². The first-order valence-corrected chi connectivity index (χ1v) is 12.3. The summed E-state index contributed by atoms with van der Waals surface area (Å²) in [5.74, 6) is -1.76. The van der Waals surface area contributed by atoms with Gasteiger partial charge in [-0.15, -0.1) is 0 Å². The Labute approximate surface area is 214 Å². The largest absolute Gasteiger partial charge is 0.416 e. The standard InChI is InChI=1S/C27H33F3N4O3/c1-17-10-11-20(18(2)12-17)14-31-15-23(26(37)33-22-8-3-4-9-22)34-24(35)16-32-25(36)19-6-5-7-21(13-19)27(28,29)30/h5-7,10-13,22-23,31H,3-4,8-9,14-16H2,1-2H3,(H,32,36)(H,33,37)(H,34,35)/t23-/m0/s1. The Morgan fingerprint density at radius 3 is 2.43 bits per heavy atom. The Morgan fingerprint density at radius 1 is 1.03 bits per heavy atom. The molecule has 200 valence electrons. The molecule has 1 fully saturated rings. The smallest absolute Gasteiger partial charge is 0.352 e. The minimum atomic E-state index is -4.59. The summed E-state index contributed by atoms with van der Waals surface area (Å²) in [7, 11) is 0. The molecule has 10 heteroatoms. The molecule has 0 unspecified atom stereocenters. The maximum atomic E-state index is 12.9. The van der Waals surface area contributed by atoms with Crippen LogP contribution in [0, 0.1) is 13.8 Å². The second-order valence-corrected chi connectivity index (χ2v) is 9.43. The van der Waals surface area contributed by atoms with E-state index in [1.165, 1.54) is 6.07 Å². The van der Waals surface area contributed by atoms with Crippen LogP contribution in [0.1, 0.15) is 58.3 Å². The van der Waals surface area contributed by atoms with Crippen molar-refractivity contribution in [3.05, 3.63) is 70.3 Å². The van der Waals surface area contributed by atoms with Crippen LogP contribution in [0.3, 0.4) is 0 Å².